The molecule has 0 aromatic heterocycles. The number of halogens is 1. The number of aliphatic carboxylic acids is 1. The number of rotatable bonds is 32. The highest BCUT2D eigenvalue weighted by molar-refractivity contribution is 14.1. The van der Waals surface area contributed by atoms with Crippen molar-refractivity contribution >= 4 is 82.0 Å². The van der Waals surface area contributed by atoms with E-state index in [0.717, 1.165) is 16.7 Å². The summed E-state index contributed by atoms with van der Waals surface area (Å²) in [6.45, 7) is -0.683. The number of aliphatic hydroxyl groups excluding tert-OH is 5. The van der Waals surface area contributed by atoms with E-state index in [-0.39, 0.29) is 63.1 Å². The average molecular weight is 1330 g/mol. The predicted octanol–water partition coefficient (Wildman–Crippen LogP) is -5.28. The van der Waals surface area contributed by atoms with Gasteiger partial charge >= 0.3 is 5.97 Å². The van der Waals surface area contributed by atoms with Crippen LogP contribution < -0.4 is 46.9 Å². The van der Waals surface area contributed by atoms with Gasteiger partial charge in [0.15, 0.2) is 0 Å². The van der Waals surface area contributed by atoms with Gasteiger partial charge in [-0.2, -0.15) is 0 Å². The van der Waals surface area contributed by atoms with Crippen LogP contribution in [0.1, 0.15) is 82.3 Å². The molecule has 3 heterocycles. The average Bonchev–Trinajstić information content (AvgIpc) is 3.06. The van der Waals surface area contributed by atoms with Crippen molar-refractivity contribution in [3.63, 3.8) is 0 Å². The Morgan fingerprint density at radius 3 is 1.43 bits per heavy atom. The Bertz CT molecular complexity index is 2660. The SMILES string of the molecule is C[C@@H](O)[C@H](NC(=O)[C@@H]1C[C@@H](O)CN1C(=O)[C@H](Cc1ccc(O)cc1)NC(=O)[C@H](CO)NC(=O)[C@@H]1CCCN1C(=O)[C@H](CCCCN)NC(=O)[C@H](CO)NI)C(=O)N[C@@H](Cc1ccc(O)cc1)C(=O)N1C[C@H](O)C[C@H]1C(=O)N[C@@H](CCCCN)C(=O)O. The zero-order valence-electron chi connectivity index (χ0n) is 47.6. The molecule has 31 heteroatoms. The molecule has 86 heavy (non-hydrogen) atoms. The van der Waals surface area contributed by atoms with E-state index in [4.69, 9.17) is 11.5 Å². The number of phenolic OH excluding ortho intramolecular Hbond substituents is 2. The number of nitrogens with zero attached hydrogens (tertiary/aromatic N) is 3. The van der Waals surface area contributed by atoms with Gasteiger partial charge in [0.2, 0.25) is 53.2 Å². The number of amides is 9. The van der Waals surface area contributed by atoms with Crippen LogP contribution in [0.15, 0.2) is 48.5 Å². The zero-order chi connectivity index (χ0) is 63.4. The Hall–Kier alpha value is -6.85. The van der Waals surface area contributed by atoms with Crippen LogP contribution in [-0.4, -0.2) is 239 Å². The first-order chi connectivity index (χ1) is 40.9. The summed E-state index contributed by atoms with van der Waals surface area (Å²) in [7, 11) is 0. The number of carbonyl (C=O) groups is 10. The fraction of sp³-hybridized carbons (Fsp3) is 0.600. The van der Waals surface area contributed by atoms with Crippen molar-refractivity contribution in [3.05, 3.63) is 59.7 Å². The van der Waals surface area contributed by atoms with E-state index in [0.29, 0.717) is 49.8 Å². The number of carbonyl (C=O) groups excluding carboxylic acids is 9. The molecule has 30 nitrogen and oxygen atoms in total. The number of aromatic hydroxyl groups is 2. The highest BCUT2D eigenvalue weighted by atomic mass is 127. The minimum atomic E-state index is -1.88. The van der Waals surface area contributed by atoms with Crippen LogP contribution in [0.3, 0.4) is 0 Å². The third-order valence-electron chi connectivity index (χ3n) is 15.2. The molecule has 2 aromatic rings. The minimum absolute atomic E-state index is 0.0181. The molecule has 5 rings (SSSR count). The van der Waals surface area contributed by atoms with Crippen molar-refractivity contribution in [3.8, 4) is 11.5 Å². The van der Waals surface area contributed by atoms with E-state index < -0.39 is 171 Å². The van der Waals surface area contributed by atoms with Gasteiger partial charge in [0.05, 0.1) is 31.5 Å². The maximum absolute atomic E-state index is 14.8. The molecule has 476 valence electrons. The molecule has 9 amide bonds. The molecule has 3 fully saturated rings. The van der Waals surface area contributed by atoms with Crippen LogP contribution >= 0.6 is 22.9 Å². The fourth-order valence-electron chi connectivity index (χ4n) is 10.5. The molecule has 13 atom stereocenters. The summed E-state index contributed by atoms with van der Waals surface area (Å²) in [5.41, 5.74) is 12.0. The molecular formula is C55H81IN12O18. The number of hydrogen-bond donors (Lipinski definition) is 17. The van der Waals surface area contributed by atoms with Crippen LogP contribution in [0.25, 0.3) is 0 Å². The molecule has 0 bridgehead atoms. The lowest BCUT2D eigenvalue weighted by Crippen LogP contribution is -2.62. The lowest BCUT2D eigenvalue weighted by molar-refractivity contribution is -0.145. The Morgan fingerprint density at radius 2 is 0.977 bits per heavy atom. The van der Waals surface area contributed by atoms with E-state index in [1.807, 2.05) is 0 Å². The maximum Gasteiger partial charge on any atom is 0.326 e. The number of likely N-dealkylation sites (tertiary alicyclic amines) is 3. The zero-order valence-corrected chi connectivity index (χ0v) is 49.8. The molecule has 0 aliphatic carbocycles. The van der Waals surface area contributed by atoms with Crippen LogP contribution in [0, 0.1) is 0 Å². The van der Waals surface area contributed by atoms with Crippen molar-refractivity contribution in [2.75, 3.05) is 45.9 Å². The molecule has 0 spiro atoms. The Balaban J connectivity index is 1.35. The number of nitrogens with one attached hydrogen (secondary N) is 7. The standard InChI is InChI=1S/C55H81IN12O18/c1-29(71)45(51(81)62-39(22-31-12-16-33(73)17-13-31)54(84)67-25-34(74)23-43(67)49(79)60-37(55(85)86)8-3-5-19-58)64-50(80)44-24-35(75)26-68(44)53(83)38(21-30-10-14-32(72)15-11-30)61-46(76)40(27-69)63-48(78)42-9-6-20-66(42)52(82)36(7-2-4-18-57)59-47(77)41(28-70)65-56/h10-17,29,34-45,65,69-75H,2-9,18-28,57-58H2,1H3,(H,59,77)(H,60,79)(H,61,76)(H,62,81)(H,63,78)(H,64,80)(H,85,86)/t29-,34-,35-,36+,37+,38+,39+,40+,41+,42+,43+,44+,45+/m1/s1. The van der Waals surface area contributed by atoms with E-state index >= 15 is 0 Å². The molecule has 3 aliphatic heterocycles. The number of benzene rings is 2. The highest BCUT2D eigenvalue weighted by Crippen LogP contribution is 2.25. The largest absolute Gasteiger partial charge is 0.508 e. The molecule has 0 unspecified atom stereocenters. The molecule has 3 aliphatic rings. The highest BCUT2D eigenvalue weighted by Gasteiger charge is 2.46. The van der Waals surface area contributed by atoms with Crippen LogP contribution in [0.5, 0.6) is 11.5 Å². The van der Waals surface area contributed by atoms with Crippen molar-refractivity contribution < 1.29 is 88.8 Å². The van der Waals surface area contributed by atoms with Gasteiger partial charge < -0.3 is 98.9 Å². The number of phenols is 2. The first-order valence-corrected chi connectivity index (χ1v) is 29.6. The smallest absolute Gasteiger partial charge is 0.326 e. The van der Waals surface area contributed by atoms with Crippen molar-refractivity contribution in [2.45, 2.75) is 163 Å². The summed E-state index contributed by atoms with van der Waals surface area (Å²) >= 11 is 1.69. The van der Waals surface area contributed by atoms with Crippen molar-refractivity contribution in [1.29, 1.82) is 0 Å². The van der Waals surface area contributed by atoms with Gasteiger partial charge in [0.1, 0.15) is 71.9 Å². The van der Waals surface area contributed by atoms with Crippen molar-refractivity contribution in [2.24, 2.45) is 11.5 Å². The number of unbranched alkanes of at least 4 members (excludes halogenated alkanes) is 2. The first-order valence-electron chi connectivity index (χ1n) is 28.5. The quantitative estimate of drug-likeness (QED) is 0.0185. The van der Waals surface area contributed by atoms with Crippen molar-refractivity contribution in [1.82, 2.24) is 50.1 Å². The number of carboxylic acid groups (broad SMARTS) is 1. The van der Waals surface area contributed by atoms with E-state index in [1.54, 1.807) is 22.9 Å². The van der Waals surface area contributed by atoms with E-state index in [1.165, 1.54) is 53.4 Å². The molecular weight excluding hydrogens is 1240 g/mol. The van der Waals surface area contributed by atoms with Gasteiger partial charge in [-0.1, -0.05) is 24.3 Å². The summed E-state index contributed by atoms with van der Waals surface area (Å²) in [6.07, 6.45) is -3.26. The fourth-order valence-corrected chi connectivity index (χ4v) is 11.0. The minimum Gasteiger partial charge on any atom is -0.508 e. The lowest BCUT2D eigenvalue weighted by Gasteiger charge is -2.32. The first kappa shape index (κ1) is 69.9. The second kappa shape index (κ2) is 33.9. The summed E-state index contributed by atoms with van der Waals surface area (Å²) < 4.78 is 2.62. The lowest BCUT2D eigenvalue weighted by atomic mass is 10.0. The summed E-state index contributed by atoms with van der Waals surface area (Å²) in [6, 6.07) is -3.57. The number of carboxylic acids is 1. The van der Waals surface area contributed by atoms with Crippen LogP contribution in [0.2, 0.25) is 0 Å². The normalized spacial score (nSPS) is 21.2. The van der Waals surface area contributed by atoms with Gasteiger partial charge in [0.25, 0.3) is 0 Å². The number of nitrogens with two attached hydrogens (primary N) is 2. The van der Waals surface area contributed by atoms with Gasteiger partial charge in [-0.25, -0.2) is 8.32 Å². The number of β-amino-alcohol motifs (C(OH)–C–C–N with tert-alkyl or cyclic N) is 2. The molecule has 0 saturated carbocycles. The maximum atomic E-state index is 14.8. The third-order valence-corrected chi connectivity index (χ3v) is 15.9. The Labute approximate surface area is 510 Å². The van der Waals surface area contributed by atoms with E-state index in [9.17, 15) is 88.8 Å². The predicted molar refractivity (Wildman–Crippen MR) is 312 cm³/mol. The van der Waals surface area contributed by atoms with Gasteiger partial charge in [-0.15, -0.1) is 0 Å². The van der Waals surface area contributed by atoms with Crippen LogP contribution in [0.4, 0.5) is 0 Å². The molecule has 0 radical (unpaired) electrons. The third kappa shape index (κ3) is 19.6. The summed E-state index contributed by atoms with van der Waals surface area (Å²) in [4.78, 5) is 142. The van der Waals surface area contributed by atoms with Gasteiger partial charge in [-0.3, -0.25) is 43.2 Å². The second-order valence-electron chi connectivity index (χ2n) is 21.7. The topological polar surface area (TPSA) is 479 Å². The Morgan fingerprint density at radius 1 is 0.558 bits per heavy atom. The number of aliphatic hydroxyl groups is 5. The van der Waals surface area contributed by atoms with Gasteiger partial charge in [-0.05, 0) is 107 Å². The second-order valence-corrected chi connectivity index (χ2v) is 22.3. The summed E-state index contributed by atoms with van der Waals surface area (Å²) in [5, 5.41) is 97.8. The van der Waals surface area contributed by atoms with E-state index in [2.05, 4.69) is 35.4 Å². The number of hydrogen-bond acceptors (Lipinski definition) is 20. The Kier molecular flexibility index (Phi) is 27.6. The van der Waals surface area contributed by atoms with Gasteiger partial charge in [0, 0.05) is 68.2 Å². The molecule has 2 aromatic carbocycles. The van der Waals surface area contributed by atoms with Crippen LogP contribution in [-0.2, 0) is 60.8 Å². The molecule has 19 N–H and O–H groups in total. The molecule has 3 saturated heterocycles. The summed E-state index contributed by atoms with van der Waals surface area (Å²) in [5.74, 6) is -9.88. The monoisotopic (exact) mass is 1320 g/mol.